The van der Waals surface area contributed by atoms with Crippen LogP contribution >= 0.6 is 0 Å². The molecule has 0 saturated heterocycles. The Morgan fingerprint density at radius 1 is 1.60 bits per heavy atom. The molecule has 0 unspecified atom stereocenters. The fourth-order valence-corrected chi connectivity index (χ4v) is 1.24. The van der Waals surface area contributed by atoms with Crippen molar-refractivity contribution in [2.24, 2.45) is 11.5 Å². The van der Waals surface area contributed by atoms with Crippen molar-refractivity contribution in [1.29, 1.82) is 0 Å². The predicted molar refractivity (Wildman–Crippen MR) is 54.3 cm³/mol. The second-order valence-electron chi connectivity index (χ2n) is 3.58. The molecule has 0 aliphatic heterocycles. The molecular formula is C10H13N3O2. The maximum absolute atomic E-state index is 11.1. The van der Waals surface area contributed by atoms with Crippen LogP contribution in [0.1, 0.15) is 28.9 Å². The van der Waals surface area contributed by atoms with E-state index in [1.807, 2.05) is 0 Å². The molecule has 80 valence electrons. The first kappa shape index (κ1) is 9.92. The summed E-state index contributed by atoms with van der Waals surface area (Å²) < 4.78 is 5.54. The minimum Gasteiger partial charge on any atom is -0.488 e. The van der Waals surface area contributed by atoms with Crippen LogP contribution in [0.5, 0.6) is 5.75 Å². The van der Waals surface area contributed by atoms with Gasteiger partial charge < -0.3 is 16.2 Å². The molecule has 1 aromatic rings. The van der Waals surface area contributed by atoms with Crippen LogP contribution < -0.4 is 16.2 Å². The zero-order valence-corrected chi connectivity index (χ0v) is 8.27. The molecule has 0 radical (unpaired) electrons. The summed E-state index contributed by atoms with van der Waals surface area (Å²) in [4.78, 5) is 15.0. The summed E-state index contributed by atoms with van der Waals surface area (Å²) in [5, 5.41) is 0. The number of primary amides is 1. The first-order valence-corrected chi connectivity index (χ1v) is 4.86. The Labute approximate surface area is 87.4 Å². The van der Waals surface area contributed by atoms with Gasteiger partial charge in [0.05, 0.1) is 6.10 Å². The van der Waals surface area contributed by atoms with E-state index in [9.17, 15) is 4.79 Å². The Morgan fingerprint density at radius 2 is 2.33 bits per heavy atom. The molecule has 1 fully saturated rings. The number of carbonyl (C=O) groups is 1. The molecule has 1 aliphatic rings. The van der Waals surface area contributed by atoms with Gasteiger partial charge in [0.15, 0.2) is 11.4 Å². The van der Waals surface area contributed by atoms with Crippen molar-refractivity contribution < 1.29 is 9.53 Å². The van der Waals surface area contributed by atoms with Crippen LogP contribution in [0.4, 0.5) is 0 Å². The summed E-state index contributed by atoms with van der Waals surface area (Å²) in [5.41, 5.74) is 11.7. The average Bonchev–Trinajstić information content (AvgIpc) is 3.01. The molecule has 4 N–H and O–H groups in total. The minimum absolute atomic E-state index is 0.180. The van der Waals surface area contributed by atoms with E-state index in [-0.39, 0.29) is 11.8 Å². The lowest BCUT2D eigenvalue weighted by atomic mass is 10.2. The molecule has 0 spiro atoms. The van der Waals surface area contributed by atoms with Crippen LogP contribution in [-0.4, -0.2) is 17.0 Å². The second-order valence-corrected chi connectivity index (χ2v) is 3.58. The fourth-order valence-electron chi connectivity index (χ4n) is 1.24. The Hall–Kier alpha value is -1.62. The number of rotatable bonds is 4. The molecule has 15 heavy (non-hydrogen) atoms. The van der Waals surface area contributed by atoms with E-state index in [2.05, 4.69) is 4.98 Å². The molecule has 0 atom stereocenters. The quantitative estimate of drug-likeness (QED) is 0.736. The number of pyridine rings is 1. The summed E-state index contributed by atoms with van der Waals surface area (Å²) in [6.07, 6.45) is 3.79. The topological polar surface area (TPSA) is 91.2 Å². The van der Waals surface area contributed by atoms with Crippen LogP contribution in [-0.2, 0) is 6.54 Å². The second kappa shape index (κ2) is 3.86. The average molecular weight is 207 g/mol. The van der Waals surface area contributed by atoms with Crippen LogP contribution in [0.2, 0.25) is 0 Å². The zero-order chi connectivity index (χ0) is 10.8. The highest BCUT2D eigenvalue weighted by Gasteiger charge is 2.25. The highest BCUT2D eigenvalue weighted by molar-refractivity contribution is 5.93. The van der Waals surface area contributed by atoms with E-state index in [1.54, 1.807) is 12.3 Å². The Bertz CT molecular complexity index is 388. The van der Waals surface area contributed by atoms with E-state index >= 15 is 0 Å². The van der Waals surface area contributed by atoms with Gasteiger partial charge in [-0.1, -0.05) is 0 Å². The summed E-state index contributed by atoms with van der Waals surface area (Å²) in [6.45, 7) is 0.368. The van der Waals surface area contributed by atoms with Gasteiger partial charge in [-0.2, -0.15) is 0 Å². The molecule has 2 rings (SSSR count). The molecule has 0 aromatic carbocycles. The van der Waals surface area contributed by atoms with E-state index in [4.69, 9.17) is 16.2 Å². The largest absolute Gasteiger partial charge is 0.488 e. The van der Waals surface area contributed by atoms with Crippen LogP contribution in [0.15, 0.2) is 12.3 Å². The van der Waals surface area contributed by atoms with Gasteiger partial charge in [-0.3, -0.25) is 4.79 Å². The highest BCUT2D eigenvalue weighted by Crippen LogP contribution is 2.28. The van der Waals surface area contributed by atoms with Crippen molar-refractivity contribution in [2.45, 2.75) is 25.5 Å². The zero-order valence-electron chi connectivity index (χ0n) is 8.27. The molecule has 1 heterocycles. The van der Waals surface area contributed by atoms with Crippen molar-refractivity contribution in [3.8, 4) is 5.75 Å². The third-order valence-corrected chi connectivity index (χ3v) is 2.20. The Balaban J connectivity index is 2.30. The first-order chi connectivity index (χ1) is 7.20. The van der Waals surface area contributed by atoms with Gasteiger partial charge in [0.1, 0.15) is 0 Å². The molecule has 1 amide bonds. The summed E-state index contributed by atoms with van der Waals surface area (Å²) >= 11 is 0. The van der Waals surface area contributed by atoms with Gasteiger partial charge in [0.2, 0.25) is 0 Å². The third kappa shape index (κ3) is 2.24. The Morgan fingerprint density at radius 3 is 2.87 bits per heavy atom. The molecule has 5 heteroatoms. The van der Waals surface area contributed by atoms with Gasteiger partial charge in [0.25, 0.3) is 5.91 Å². The number of hydrogen-bond acceptors (Lipinski definition) is 4. The molecule has 1 aliphatic carbocycles. The monoisotopic (exact) mass is 207 g/mol. The molecule has 1 aromatic heterocycles. The van der Waals surface area contributed by atoms with Crippen molar-refractivity contribution >= 4 is 5.91 Å². The lowest BCUT2D eigenvalue weighted by Gasteiger charge is -2.08. The van der Waals surface area contributed by atoms with Crippen molar-refractivity contribution in [3.63, 3.8) is 0 Å². The molecule has 5 nitrogen and oxygen atoms in total. The van der Waals surface area contributed by atoms with E-state index in [1.165, 1.54) is 0 Å². The van der Waals surface area contributed by atoms with Crippen LogP contribution in [0.25, 0.3) is 0 Å². The number of amides is 1. The first-order valence-electron chi connectivity index (χ1n) is 4.86. The predicted octanol–water partition coefficient (Wildman–Crippen LogP) is 0.180. The number of nitrogens with two attached hydrogens (primary N) is 2. The smallest absolute Gasteiger partial charge is 0.271 e. The van der Waals surface area contributed by atoms with Gasteiger partial charge in [-0.15, -0.1) is 0 Å². The normalized spacial score (nSPS) is 15.0. The number of carbonyl (C=O) groups excluding carboxylic acids is 1. The standard InChI is InChI=1S/C10H13N3O2/c11-4-6-3-8(15-7-1-2-7)9(10(12)14)13-5-6/h3,5,7H,1-2,4,11H2,(H2,12,14). The molecular weight excluding hydrogens is 194 g/mol. The van der Waals surface area contributed by atoms with E-state index in [0.717, 1.165) is 18.4 Å². The third-order valence-electron chi connectivity index (χ3n) is 2.20. The number of hydrogen-bond donors (Lipinski definition) is 2. The van der Waals surface area contributed by atoms with Gasteiger partial charge in [-0.25, -0.2) is 4.98 Å². The fraction of sp³-hybridized carbons (Fsp3) is 0.400. The summed E-state index contributed by atoms with van der Waals surface area (Å²) in [6, 6.07) is 1.73. The molecule has 1 saturated carbocycles. The number of aromatic nitrogens is 1. The minimum atomic E-state index is -0.575. The highest BCUT2D eigenvalue weighted by atomic mass is 16.5. The van der Waals surface area contributed by atoms with Crippen molar-refractivity contribution in [2.75, 3.05) is 0 Å². The number of ether oxygens (including phenoxy) is 1. The maximum Gasteiger partial charge on any atom is 0.271 e. The molecule has 0 bridgehead atoms. The van der Waals surface area contributed by atoms with Gasteiger partial charge in [-0.05, 0) is 24.5 Å². The summed E-state index contributed by atoms with van der Waals surface area (Å²) in [7, 11) is 0. The summed E-state index contributed by atoms with van der Waals surface area (Å²) in [5.74, 6) is -0.123. The van der Waals surface area contributed by atoms with E-state index in [0.29, 0.717) is 12.3 Å². The SMILES string of the molecule is NCc1cnc(C(N)=O)c(OC2CC2)c1. The number of nitrogens with zero attached hydrogens (tertiary/aromatic N) is 1. The maximum atomic E-state index is 11.1. The van der Waals surface area contributed by atoms with Crippen molar-refractivity contribution in [3.05, 3.63) is 23.5 Å². The van der Waals surface area contributed by atoms with Crippen LogP contribution in [0, 0.1) is 0 Å². The van der Waals surface area contributed by atoms with Crippen LogP contribution in [0.3, 0.4) is 0 Å². The lowest BCUT2D eigenvalue weighted by molar-refractivity contribution is 0.0991. The Kier molecular flexibility index (Phi) is 2.55. The van der Waals surface area contributed by atoms with Crippen molar-refractivity contribution in [1.82, 2.24) is 4.98 Å². The van der Waals surface area contributed by atoms with E-state index < -0.39 is 5.91 Å². The van der Waals surface area contributed by atoms with Gasteiger partial charge in [0, 0.05) is 12.7 Å². The van der Waals surface area contributed by atoms with Gasteiger partial charge >= 0.3 is 0 Å². The lowest BCUT2D eigenvalue weighted by Crippen LogP contribution is -2.16.